The van der Waals surface area contributed by atoms with E-state index in [4.69, 9.17) is 4.74 Å². The van der Waals surface area contributed by atoms with Crippen molar-refractivity contribution >= 4 is 0 Å². The summed E-state index contributed by atoms with van der Waals surface area (Å²) in [7, 11) is 2.17. The van der Waals surface area contributed by atoms with Gasteiger partial charge < -0.3 is 10.1 Å². The summed E-state index contributed by atoms with van der Waals surface area (Å²) in [6.07, 6.45) is 12.3. The zero-order chi connectivity index (χ0) is 12.5. The average Bonchev–Trinajstić information content (AvgIpc) is 3.02. The zero-order valence-corrected chi connectivity index (χ0v) is 12.0. The minimum Gasteiger partial charge on any atom is -0.375 e. The Hall–Kier alpha value is -0.0800. The second kappa shape index (κ2) is 5.50. The van der Waals surface area contributed by atoms with Crippen LogP contribution in [0.4, 0.5) is 0 Å². The van der Waals surface area contributed by atoms with Gasteiger partial charge in [-0.15, -0.1) is 0 Å². The SMILES string of the molecule is CCC1CCCC(C(NC)C2CC3CCC2O3)C1. The number of rotatable bonds is 4. The van der Waals surface area contributed by atoms with Gasteiger partial charge in [0.05, 0.1) is 12.2 Å². The maximum atomic E-state index is 6.07. The molecule has 2 heteroatoms. The molecular weight excluding hydrogens is 222 g/mol. The lowest BCUT2D eigenvalue weighted by Gasteiger charge is -2.39. The summed E-state index contributed by atoms with van der Waals surface area (Å²) in [5, 5.41) is 3.66. The first-order chi connectivity index (χ1) is 8.81. The Kier molecular flexibility index (Phi) is 3.95. The zero-order valence-electron chi connectivity index (χ0n) is 12.0. The van der Waals surface area contributed by atoms with Gasteiger partial charge in [0.25, 0.3) is 0 Å². The number of fused-ring (bicyclic) bond motifs is 2. The van der Waals surface area contributed by atoms with Crippen LogP contribution in [0.2, 0.25) is 0 Å². The molecule has 6 atom stereocenters. The Morgan fingerprint density at radius 1 is 1.17 bits per heavy atom. The molecule has 0 aromatic rings. The van der Waals surface area contributed by atoms with E-state index in [0.717, 1.165) is 23.8 Å². The molecule has 3 fully saturated rings. The average molecular weight is 251 g/mol. The fourth-order valence-electron chi connectivity index (χ4n) is 4.88. The summed E-state index contributed by atoms with van der Waals surface area (Å²) in [5.41, 5.74) is 0. The molecular formula is C16H29NO. The molecule has 0 aromatic carbocycles. The van der Waals surface area contributed by atoms with Gasteiger partial charge in [0, 0.05) is 12.0 Å². The predicted octanol–water partition coefficient (Wildman–Crippen LogP) is 3.36. The van der Waals surface area contributed by atoms with Crippen LogP contribution in [0.1, 0.15) is 58.3 Å². The molecule has 1 aliphatic carbocycles. The normalized spacial score (nSPS) is 45.3. The van der Waals surface area contributed by atoms with Crippen molar-refractivity contribution in [1.82, 2.24) is 5.32 Å². The van der Waals surface area contributed by atoms with Crippen molar-refractivity contribution < 1.29 is 4.74 Å². The molecule has 3 rings (SSSR count). The molecule has 1 N–H and O–H groups in total. The molecule has 0 radical (unpaired) electrons. The molecule has 1 saturated carbocycles. The molecule has 2 nitrogen and oxygen atoms in total. The second-order valence-electron chi connectivity index (χ2n) is 6.79. The van der Waals surface area contributed by atoms with Crippen LogP contribution in [-0.4, -0.2) is 25.3 Å². The third-order valence-corrected chi connectivity index (χ3v) is 5.86. The summed E-state index contributed by atoms with van der Waals surface area (Å²) >= 11 is 0. The maximum absolute atomic E-state index is 6.07. The molecule has 0 amide bonds. The highest BCUT2D eigenvalue weighted by molar-refractivity contribution is 4.98. The van der Waals surface area contributed by atoms with E-state index in [9.17, 15) is 0 Å². The van der Waals surface area contributed by atoms with E-state index < -0.39 is 0 Å². The van der Waals surface area contributed by atoms with Gasteiger partial charge in [-0.05, 0) is 51.0 Å². The Morgan fingerprint density at radius 2 is 2.06 bits per heavy atom. The van der Waals surface area contributed by atoms with Crippen LogP contribution in [0.15, 0.2) is 0 Å². The van der Waals surface area contributed by atoms with E-state index in [1.807, 2.05) is 0 Å². The Morgan fingerprint density at radius 3 is 2.67 bits per heavy atom. The number of nitrogens with one attached hydrogen (secondary N) is 1. The van der Waals surface area contributed by atoms with E-state index in [-0.39, 0.29) is 0 Å². The largest absolute Gasteiger partial charge is 0.375 e. The molecule has 104 valence electrons. The fourth-order valence-corrected chi connectivity index (χ4v) is 4.88. The topological polar surface area (TPSA) is 21.3 Å². The lowest BCUT2D eigenvalue weighted by molar-refractivity contribution is 0.0735. The van der Waals surface area contributed by atoms with E-state index in [2.05, 4.69) is 19.3 Å². The summed E-state index contributed by atoms with van der Waals surface area (Å²) in [4.78, 5) is 0. The molecule has 0 aromatic heterocycles. The first-order valence-corrected chi connectivity index (χ1v) is 8.14. The highest BCUT2D eigenvalue weighted by Gasteiger charge is 2.46. The van der Waals surface area contributed by atoms with Gasteiger partial charge in [0.15, 0.2) is 0 Å². The van der Waals surface area contributed by atoms with Crippen LogP contribution in [0.3, 0.4) is 0 Å². The van der Waals surface area contributed by atoms with Crippen LogP contribution < -0.4 is 5.32 Å². The van der Waals surface area contributed by atoms with Gasteiger partial charge >= 0.3 is 0 Å². The minimum absolute atomic E-state index is 0.578. The van der Waals surface area contributed by atoms with Crippen molar-refractivity contribution in [1.29, 1.82) is 0 Å². The van der Waals surface area contributed by atoms with Crippen molar-refractivity contribution in [2.75, 3.05) is 7.05 Å². The van der Waals surface area contributed by atoms with E-state index in [1.54, 1.807) is 0 Å². The molecule has 2 aliphatic heterocycles. The lowest BCUT2D eigenvalue weighted by atomic mass is 9.70. The highest BCUT2D eigenvalue weighted by atomic mass is 16.5. The third-order valence-electron chi connectivity index (χ3n) is 5.86. The van der Waals surface area contributed by atoms with Gasteiger partial charge in [-0.3, -0.25) is 0 Å². The quantitative estimate of drug-likeness (QED) is 0.827. The number of ether oxygens (including phenoxy) is 1. The Balaban J connectivity index is 1.64. The smallest absolute Gasteiger partial charge is 0.0623 e. The van der Waals surface area contributed by atoms with Crippen LogP contribution >= 0.6 is 0 Å². The van der Waals surface area contributed by atoms with E-state index in [0.29, 0.717) is 12.2 Å². The fraction of sp³-hybridized carbons (Fsp3) is 1.00. The van der Waals surface area contributed by atoms with Crippen molar-refractivity contribution in [2.45, 2.75) is 76.5 Å². The van der Waals surface area contributed by atoms with Gasteiger partial charge in [0.1, 0.15) is 0 Å². The Bertz CT molecular complexity index is 280. The van der Waals surface area contributed by atoms with Gasteiger partial charge in [0.2, 0.25) is 0 Å². The summed E-state index contributed by atoms with van der Waals surface area (Å²) in [6, 6.07) is 0.717. The van der Waals surface area contributed by atoms with Gasteiger partial charge in [-0.1, -0.05) is 26.2 Å². The third kappa shape index (κ3) is 2.34. The standard InChI is InChI=1S/C16H29NO/c1-3-11-5-4-6-12(9-11)16(17-2)14-10-13-7-8-15(14)18-13/h11-17H,3-10H2,1-2H3. The summed E-state index contributed by atoms with van der Waals surface area (Å²) < 4.78 is 6.07. The number of hydrogen-bond donors (Lipinski definition) is 1. The Labute approximate surface area is 112 Å². The summed E-state index contributed by atoms with van der Waals surface area (Å²) in [6.45, 7) is 2.36. The van der Waals surface area contributed by atoms with Crippen LogP contribution in [0, 0.1) is 17.8 Å². The van der Waals surface area contributed by atoms with Crippen LogP contribution in [-0.2, 0) is 4.74 Å². The molecule has 0 spiro atoms. The van der Waals surface area contributed by atoms with Crippen LogP contribution in [0.5, 0.6) is 0 Å². The lowest BCUT2D eigenvalue weighted by Crippen LogP contribution is -2.45. The summed E-state index contributed by atoms with van der Waals surface area (Å²) in [5.74, 6) is 2.69. The van der Waals surface area contributed by atoms with Gasteiger partial charge in [-0.2, -0.15) is 0 Å². The monoisotopic (exact) mass is 251 g/mol. The molecule has 3 aliphatic rings. The highest BCUT2D eigenvalue weighted by Crippen LogP contribution is 2.44. The second-order valence-corrected chi connectivity index (χ2v) is 6.79. The van der Waals surface area contributed by atoms with Crippen molar-refractivity contribution in [3.8, 4) is 0 Å². The first kappa shape index (κ1) is 12.9. The molecule has 6 unspecified atom stereocenters. The maximum Gasteiger partial charge on any atom is 0.0623 e. The molecule has 2 bridgehead atoms. The van der Waals surface area contributed by atoms with Gasteiger partial charge in [-0.25, -0.2) is 0 Å². The van der Waals surface area contributed by atoms with Crippen molar-refractivity contribution in [3.63, 3.8) is 0 Å². The minimum atomic E-state index is 0.578. The predicted molar refractivity (Wildman–Crippen MR) is 74.6 cm³/mol. The molecule has 18 heavy (non-hydrogen) atoms. The van der Waals surface area contributed by atoms with Crippen LogP contribution in [0.25, 0.3) is 0 Å². The van der Waals surface area contributed by atoms with Crippen molar-refractivity contribution in [3.05, 3.63) is 0 Å². The molecule has 2 saturated heterocycles. The number of hydrogen-bond acceptors (Lipinski definition) is 2. The van der Waals surface area contributed by atoms with Crippen molar-refractivity contribution in [2.24, 2.45) is 17.8 Å². The molecule has 2 heterocycles. The van der Waals surface area contributed by atoms with E-state index in [1.165, 1.54) is 51.4 Å². The van der Waals surface area contributed by atoms with E-state index >= 15 is 0 Å². The first-order valence-electron chi connectivity index (χ1n) is 8.14.